The second-order valence-electron chi connectivity index (χ2n) is 5.44. The average molecular weight is 394 g/mol. The summed E-state index contributed by atoms with van der Waals surface area (Å²) in [6, 6.07) is 6.94. The van der Waals surface area contributed by atoms with Crippen molar-refractivity contribution in [1.82, 2.24) is 0 Å². The maximum atomic E-state index is 12.8. The Kier molecular flexibility index (Phi) is 5.95. The van der Waals surface area contributed by atoms with Gasteiger partial charge in [0.2, 0.25) is 9.84 Å². The summed E-state index contributed by atoms with van der Waals surface area (Å²) in [5.74, 6) is 0. The molecule has 2 rings (SSSR count). The van der Waals surface area contributed by atoms with Crippen LogP contribution in [0.3, 0.4) is 0 Å². The van der Waals surface area contributed by atoms with E-state index in [1.54, 1.807) is 13.8 Å². The average Bonchev–Trinajstić information content (AvgIpc) is 2.62. The molecule has 0 atom stereocenters. The van der Waals surface area contributed by atoms with Crippen LogP contribution in [0, 0.1) is 20.2 Å². The molecule has 2 aromatic carbocycles. The molecule has 10 nitrogen and oxygen atoms in total. The van der Waals surface area contributed by atoms with Crippen LogP contribution in [0.2, 0.25) is 0 Å². The number of nitrogens with zero attached hydrogens (tertiary/aromatic N) is 2. The van der Waals surface area contributed by atoms with E-state index in [0.717, 1.165) is 12.1 Å². The zero-order chi connectivity index (χ0) is 20.2. The standard InChI is InChI=1S/C16H18N4O6S/c1-3-17-13-7-5-11(9-15(13)19(21)22)27(25,26)12-6-8-14(18-4-2)16(10-12)20(23)24/h5-10,17-18H,3-4H2,1-2H3. The normalized spacial score (nSPS) is 11.0. The van der Waals surface area contributed by atoms with Gasteiger partial charge in [0, 0.05) is 25.2 Å². The summed E-state index contributed by atoms with van der Waals surface area (Å²) < 4.78 is 25.7. The van der Waals surface area contributed by atoms with Crippen molar-refractivity contribution in [2.75, 3.05) is 23.7 Å². The van der Waals surface area contributed by atoms with Crippen molar-refractivity contribution < 1.29 is 18.3 Å². The third kappa shape index (κ3) is 4.14. The molecule has 0 saturated carbocycles. The van der Waals surface area contributed by atoms with E-state index in [1.165, 1.54) is 24.3 Å². The Morgan fingerprint density at radius 3 is 1.48 bits per heavy atom. The van der Waals surface area contributed by atoms with Gasteiger partial charge in [-0.05, 0) is 38.1 Å². The van der Waals surface area contributed by atoms with Gasteiger partial charge in [-0.15, -0.1) is 0 Å². The lowest BCUT2D eigenvalue weighted by molar-refractivity contribution is -0.384. The van der Waals surface area contributed by atoms with Gasteiger partial charge in [0.15, 0.2) is 0 Å². The van der Waals surface area contributed by atoms with E-state index in [9.17, 15) is 28.6 Å². The maximum Gasteiger partial charge on any atom is 0.293 e. The molecule has 0 radical (unpaired) electrons. The number of nitrogens with one attached hydrogen (secondary N) is 2. The lowest BCUT2D eigenvalue weighted by atomic mass is 10.2. The van der Waals surface area contributed by atoms with Gasteiger partial charge in [-0.1, -0.05) is 0 Å². The summed E-state index contributed by atoms with van der Waals surface area (Å²) in [7, 11) is -4.18. The van der Waals surface area contributed by atoms with Crippen LogP contribution in [0.4, 0.5) is 22.7 Å². The van der Waals surface area contributed by atoms with Crippen LogP contribution in [0.1, 0.15) is 13.8 Å². The fraction of sp³-hybridized carbons (Fsp3) is 0.250. The van der Waals surface area contributed by atoms with Crippen molar-refractivity contribution in [3.63, 3.8) is 0 Å². The number of rotatable bonds is 8. The summed E-state index contributed by atoms with van der Waals surface area (Å²) in [4.78, 5) is 20.5. The highest BCUT2D eigenvalue weighted by molar-refractivity contribution is 7.91. The third-order valence-corrected chi connectivity index (χ3v) is 5.44. The molecule has 0 aromatic heterocycles. The summed E-state index contributed by atoms with van der Waals surface area (Å²) >= 11 is 0. The maximum absolute atomic E-state index is 12.8. The van der Waals surface area contributed by atoms with Gasteiger partial charge in [-0.3, -0.25) is 20.2 Å². The van der Waals surface area contributed by atoms with Crippen LogP contribution < -0.4 is 10.6 Å². The Hall–Kier alpha value is -3.21. The molecule has 27 heavy (non-hydrogen) atoms. The number of sulfone groups is 1. The van der Waals surface area contributed by atoms with E-state index in [-0.39, 0.29) is 21.2 Å². The first kappa shape index (κ1) is 20.1. The quantitative estimate of drug-likeness (QED) is 0.513. The molecule has 2 N–H and O–H groups in total. The Morgan fingerprint density at radius 2 is 1.19 bits per heavy atom. The van der Waals surface area contributed by atoms with E-state index in [0.29, 0.717) is 13.1 Å². The van der Waals surface area contributed by atoms with Crippen LogP contribution >= 0.6 is 0 Å². The zero-order valence-corrected chi connectivity index (χ0v) is 15.4. The largest absolute Gasteiger partial charge is 0.380 e. The minimum atomic E-state index is -4.18. The minimum Gasteiger partial charge on any atom is -0.380 e. The summed E-state index contributed by atoms with van der Waals surface area (Å²) in [6.07, 6.45) is 0. The van der Waals surface area contributed by atoms with Gasteiger partial charge in [-0.2, -0.15) is 0 Å². The summed E-state index contributed by atoms with van der Waals surface area (Å²) in [6.45, 7) is 4.34. The predicted octanol–water partition coefficient (Wildman–Crippen LogP) is 3.20. The third-order valence-electron chi connectivity index (χ3n) is 3.69. The molecule has 0 aliphatic carbocycles. The molecule has 0 saturated heterocycles. The first-order chi connectivity index (χ1) is 12.7. The molecule has 2 aromatic rings. The second-order valence-corrected chi connectivity index (χ2v) is 7.39. The number of nitro groups is 2. The van der Waals surface area contributed by atoms with Gasteiger partial charge in [0.05, 0.1) is 19.6 Å². The van der Waals surface area contributed by atoms with Crippen LogP contribution in [-0.2, 0) is 9.84 Å². The Balaban J connectivity index is 2.59. The number of benzene rings is 2. The lowest BCUT2D eigenvalue weighted by Crippen LogP contribution is -2.07. The summed E-state index contributed by atoms with van der Waals surface area (Å²) in [5, 5.41) is 28.1. The van der Waals surface area contributed by atoms with E-state index < -0.39 is 31.1 Å². The van der Waals surface area contributed by atoms with Crippen molar-refractivity contribution in [2.45, 2.75) is 23.6 Å². The molecule has 0 spiro atoms. The van der Waals surface area contributed by atoms with Gasteiger partial charge in [0.25, 0.3) is 11.4 Å². The SMILES string of the molecule is CCNc1ccc(S(=O)(=O)c2ccc(NCC)c([N+](=O)[O-])c2)cc1[N+](=O)[O-]. The van der Waals surface area contributed by atoms with Crippen LogP contribution in [-0.4, -0.2) is 31.4 Å². The van der Waals surface area contributed by atoms with Crippen molar-refractivity contribution in [3.05, 3.63) is 56.6 Å². The predicted molar refractivity (Wildman–Crippen MR) is 100.0 cm³/mol. The highest BCUT2D eigenvalue weighted by atomic mass is 32.2. The minimum absolute atomic E-state index is 0.190. The first-order valence-electron chi connectivity index (χ1n) is 8.02. The van der Waals surface area contributed by atoms with Gasteiger partial charge < -0.3 is 10.6 Å². The van der Waals surface area contributed by atoms with Crippen LogP contribution in [0.25, 0.3) is 0 Å². The van der Waals surface area contributed by atoms with E-state index in [2.05, 4.69) is 10.6 Å². The number of hydrogen-bond donors (Lipinski definition) is 2. The zero-order valence-electron chi connectivity index (χ0n) is 14.6. The summed E-state index contributed by atoms with van der Waals surface area (Å²) in [5.41, 5.74) is -0.404. The second kappa shape index (κ2) is 7.99. The topological polar surface area (TPSA) is 144 Å². The van der Waals surface area contributed by atoms with Gasteiger partial charge in [0.1, 0.15) is 11.4 Å². The molecule has 0 aliphatic rings. The molecule has 144 valence electrons. The fourth-order valence-electron chi connectivity index (χ4n) is 2.48. The Labute approximate surface area is 155 Å². The van der Waals surface area contributed by atoms with E-state index in [4.69, 9.17) is 0 Å². The van der Waals surface area contributed by atoms with Crippen molar-refractivity contribution in [3.8, 4) is 0 Å². The molecule has 0 fully saturated rings. The van der Waals surface area contributed by atoms with E-state index >= 15 is 0 Å². The molecule has 0 heterocycles. The molecule has 0 amide bonds. The molecular weight excluding hydrogens is 376 g/mol. The number of hydrogen-bond acceptors (Lipinski definition) is 8. The molecule has 0 aliphatic heterocycles. The van der Waals surface area contributed by atoms with E-state index in [1.807, 2.05) is 0 Å². The molecule has 11 heteroatoms. The monoisotopic (exact) mass is 394 g/mol. The highest BCUT2D eigenvalue weighted by Crippen LogP contribution is 2.33. The molecular formula is C16H18N4O6S. The van der Waals surface area contributed by atoms with Crippen molar-refractivity contribution in [2.24, 2.45) is 0 Å². The first-order valence-corrected chi connectivity index (χ1v) is 9.50. The van der Waals surface area contributed by atoms with Gasteiger partial charge in [-0.25, -0.2) is 8.42 Å². The Morgan fingerprint density at radius 1 is 0.815 bits per heavy atom. The Bertz CT molecular complexity index is 917. The number of nitro benzene ring substituents is 2. The smallest absolute Gasteiger partial charge is 0.293 e. The molecule has 0 bridgehead atoms. The lowest BCUT2D eigenvalue weighted by Gasteiger charge is -2.10. The van der Waals surface area contributed by atoms with Crippen molar-refractivity contribution in [1.29, 1.82) is 0 Å². The highest BCUT2D eigenvalue weighted by Gasteiger charge is 2.26. The van der Waals surface area contributed by atoms with Crippen LogP contribution in [0.15, 0.2) is 46.2 Å². The van der Waals surface area contributed by atoms with Gasteiger partial charge >= 0.3 is 0 Å². The van der Waals surface area contributed by atoms with Crippen molar-refractivity contribution >= 4 is 32.6 Å². The number of anilines is 2. The molecule has 0 unspecified atom stereocenters. The fourth-order valence-corrected chi connectivity index (χ4v) is 3.78. The van der Waals surface area contributed by atoms with Crippen LogP contribution in [0.5, 0.6) is 0 Å².